The number of allylic oxidation sites excluding steroid dienone is 1. The molecule has 0 spiro atoms. The van der Waals surface area contributed by atoms with E-state index in [-0.39, 0.29) is 29.1 Å². The minimum absolute atomic E-state index is 0.0159. The standard InChI is InChI=1S/C17H20O6S/c1-4-13(24(20,21)14-9-6-5-7-10-14)11-8-12-15(16(18)22-2)17(19)23-3/h5-7,9-10,15H,1,8,11-12H2,2-3H3. The monoisotopic (exact) mass is 352 g/mol. The third kappa shape index (κ3) is 4.81. The van der Waals surface area contributed by atoms with Crippen molar-refractivity contribution < 1.29 is 27.5 Å². The van der Waals surface area contributed by atoms with Crippen molar-refractivity contribution in [3.8, 4) is 0 Å². The Morgan fingerprint density at radius 2 is 1.67 bits per heavy atom. The van der Waals surface area contributed by atoms with Crippen molar-refractivity contribution in [2.45, 2.75) is 24.2 Å². The van der Waals surface area contributed by atoms with Crippen LogP contribution >= 0.6 is 0 Å². The van der Waals surface area contributed by atoms with Crippen LogP contribution in [0, 0.1) is 5.92 Å². The summed E-state index contributed by atoms with van der Waals surface area (Å²) in [5.41, 5.74) is 2.45. The first-order chi connectivity index (χ1) is 11.4. The Hall–Kier alpha value is -2.37. The summed E-state index contributed by atoms with van der Waals surface area (Å²) in [5.74, 6) is -2.50. The van der Waals surface area contributed by atoms with Crippen LogP contribution in [0.5, 0.6) is 0 Å². The maximum atomic E-state index is 12.5. The first-order valence-electron chi connectivity index (χ1n) is 7.23. The molecule has 0 N–H and O–H groups in total. The summed E-state index contributed by atoms with van der Waals surface area (Å²) < 4.78 is 34.1. The summed E-state index contributed by atoms with van der Waals surface area (Å²) in [7, 11) is -1.34. The summed E-state index contributed by atoms with van der Waals surface area (Å²) in [6.07, 6.45) is 0.471. The quantitative estimate of drug-likeness (QED) is 0.405. The number of hydrogen-bond donors (Lipinski definition) is 0. The van der Waals surface area contributed by atoms with Gasteiger partial charge in [-0.1, -0.05) is 24.8 Å². The fourth-order valence-corrected chi connectivity index (χ4v) is 3.55. The van der Waals surface area contributed by atoms with Gasteiger partial charge >= 0.3 is 11.9 Å². The average Bonchev–Trinajstić information content (AvgIpc) is 2.61. The van der Waals surface area contributed by atoms with E-state index in [2.05, 4.69) is 21.8 Å². The molecule has 130 valence electrons. The summed E-state index contributed by atoms with van der Waals surface area (Å²) in [4.78, 5) is 23.4. The Labute approximate surface area is 141 Å². The van der Waals surface area contributed by atoms with Crippen molar-refractivity contribution in [1.82, 2.24) is 0 Å². The minimum Gasteiger partial charge on any atom is -0.468 e. The number of rotatable bonds is 8. The van der Waals surface area contributed by atoms with Gasteiger partial charge in [0.2, 0.25) is 9.84 Å². The fraction of sp³-hybridized carbons (Fsp3) is 0.353. The minimum atomic E-state index is -3.69. The highest BCUT2D eigenvalue weighted by Gasteiger charge is 2.29. The number of carbonyl (C=O) groups excluding carboxylic acids is 2. The van der Waals surface area contributed by atoms with E-state index in [1.807, 2.05) is 0 Å². The smallest absolute Gasteiger partial charge is 0.320 e. The first-order valence-corrected chi connectivity index (χ1v) is 8.71. The van der Waals surface area contributed by atoms with Crippen LogP contribution < -0.4 is 0 Å². The maximum Gasteiger partial charge on any atom is 0.320 e. The van der Waals surface area contributed by atoms with Crippen molar-refractivity contribution in [2.24, 2.45) is 5.92 Å². The Bertz CT molecular complexity index is 714. The highest BCUT2D eigenvalue weighted by molar-refractivity contribution is 7.95. The van der Waals surface area contributed by atoms with E-state index < -0.39 is 27.7 Å². The molecule has 1 rings (SSSR count). The van der Waals surface area contributed by atoms with E-state index in [4.69, 9.17) is 0 Å². The molecular weight excluding hydrogens is 332 g/mol. The van der Waals surface area contributed by atoms with E-state index in [0.717, 1.165) is 0 Å². The van der Waals surface area contributed by atoms with Gasteiger partial charge in [0, 0.05) is 0 Å². The molecule has 0 aliphatic rings. The molecule has 0 heterocycles. The van der Waals surface area contributed by atoms with Gasteiger partial charge in [0.05, 0.1) is 24.0 Å². The van der Waals surface area contributed by atoms with Crippen molar-refractivity contribution in [2.75, 3.05) is 14.2 Å². The first kappa shape index (κ1) is 19.7. The highest BCUT2D eigenvalue weighted by atomic mass is 32.2. The normalized spacial score (nSPS) is 10.8. The number of esters is 2. The summed E-state index contributed by atoms with van der Waals surface area (Å²) in [5, 5.41) is 0. The molecule has 0 saturated heterocycles. The largest absolute Gasteiger partial charge is 0.468 e. The Balaban J connectivity index is 2.82. The third-order valence-corrected chi connectivity index (χ3v) is 5.33. The zero-order chi connectivity index (χ0) is 18.2. The molecule has 7 heteroatoms. The van der Waals surface area contributed by atoms with Crippen LogP contribution in [0.15, 0.2) is 52.4 Å². The number of sulfone groups is 1. The average molecular weight is 352 g/mol. The molecule has 0 aliphatic carbocycles. The Morgan fingerprint density at radius 3 is 2.12 bits per heavy atom. The molecule has 0 aromatic heterocycles. The molecule has 1 aromatic carbocycles. The zero-order valence-corrected chi connectivity index (χ0v) is 14.5. The lowest BCUT2D eigenvalue weighted by Crippen LogP contribution is -2.26. The Kier molecular flexibility index (Phi) is 7.42. The predicted octanol–water partition coefficient (Wildman–Crippen LogP) is 2.26. The molecule has 24 heavy (non-hydrogen) atoms. The molecule has 0 aliphatic heterocycles. The molecule has 1 aromatic rings. The maximum absolute atomic E-state index is 12.5. The predicted molar refractivity (Wildman–Crippen MR) is 87.7 cm³/mol. The lowest BCUT2D eigenvalue weighted by molar-refractivity contribution is -0.159. The molecule has 0 amide bonds. The third-order valence-electron chi connectivity index (χ3n) is 3.44. The van der Waals surface area contributed by atoms with Crippen LogP contribution in [-0.4, -0.2) is 34.6 Å². The van der Waals surface area contributed by atoms with E-state index in [1.165, 1.54) is 26.4 Å². The van der Waals surface area contributed by atoms with Gasteiger partial charge < -0.3 is 9.47 Å². The molecule has 6 nitrogen and oxygen atoms in total. The number of ether oxygens (including phenoxy) is 2. The topological polar surface area (TPSA) is 86.7 Å². The summed E-state index contributed by atoms with van der Waals surface area (Å²) >= 11 is 0. The number of methoxy groups -OCH3 is 2. The highest BCUT2D eigenvalue weighted by Crippen LogP contribution is 2.24. The van der Waals surface area contributed by atoms with Crippen molar-refractivity contribution in [3.63, 3.8) is 0 Å². The second kappa shape index (κ2) is 9.05. The van der Waals surface area contributed by atoms with Crippen LogP contribution in [0.4, 0.5) is 0 Å². The molecule has 0 unspecified atom stereocenters. The zero-order valence-electron chi connectivity index (χ0n) is 13.7. The number of benzene rings is 1. The van der Waals surface area contributed by atoms with Crippen molar-refractivity contribution >= 4 is 21.8 Å². The van der Waals surface area contributed by atoms with Gasteiger partial charge in [-0.3, -0.25) is 9.59 Å². The molecule has 0 fully saturated rings. The molecule has 0 atom stereocenters. The summed E-state index contributed by atoms with van der Waals surface area (Å²) in [6, 6.07) is 7.93. The van der Waals surface area contributed by atoms with Gasteiger partial charge in [-0.2, -0.15) is 0 Å². The Morgan fingerprint density at radius 1 is 1.12 bits per heavy atom. The molecule has 0 saturated carbocycles. The van der Waals surface area contributed by atoms with Crippen LogP contribution in [-0.2, 0) is 28.9 Å². The van der Waals surface area contributed by atoms with Crippen molar-refractivity contribution in [3.05, 3.63) is 47.5 Å². The molecule has 0 bridgehead atoms. The van der Waals surface area contributed by atoms with Gasteiger partial charge in [-0.25, -0.2) is 8.42 Å². The fourth-order valence-electron chi connectivity index (χ4n) is 2.14. The van der Waals surface area contributed by atoms with Crippen LogP contribution in [0.1, 0.15) is 19.3 Å². The van der Waals surface area contributed by atoms with Crippen LogP contribution in [0.2, 0.25) is 0 Å². The van der Waals surface area contributed by atoms with Gasteiger partial charge in [-0.15, -0.1) is 5.73 Å². The van der Waals surface area contributed by atoms with E-state index in [9.17, 15) is 18.0 Å². The number of hydrogen-bond acceptors (Lipinski definition) is 6. The van der Waals surface area contributed by atoms with Gasteiger partial charge in [-0.05, 0) is 31.4 Å². The van der Waals surface area contributed by atoms with E-state index in [0.29, 0.717) is 0 Å². The molecule has 0 radical (unpaired) electrons. The lowest BCUT2D eigenvalue weighted by atomic mass is 10.0. The SMILES string of the molecule is C=C=C(CCCC(C(=O)OC)C(=O)OC)S(=O)(=O)c1ccccc1. The second-order valence-electron chi connectivity index (χ2n) is 4.91. The van der Waals surface area contributed by atoms with Gasteiger partial charge in [0.1, 0.15) is 0 Å². The van der Waals surface area contributed by atoms with Crippen molar-refractivity contribution in [1.29, 1.82) is 0 Å². The van der Waals surface area contributed by atoms with Gasteiger partial charge in [0.25, 0.3) is 0 Å². The second-order valence-corrected chi connectivity index (χ2v) is 6.88. The summed E-state index contributed by atoms with van der Waals surface area (Å²) in [6.45, 7) is 3.43. The number of carbonyl (C=O) groups is 2. The van der Waals surface area contributed by atoms with Crippen LogP contribution in [0.25, 0.3) is 0 Å². The van der Waals surface area contributed by atoms with E-state index in [1.54, 1.807) is 18.2 Å². The van der Waals surface area contributed by atoms with E-state index >= 15 is 0 Å². The lowest BCUT2D eigenvalue weighted by Gasteiger charge is -2.12. The van der Waals surface area contributed by atoms with Gasteiger partial charge in [0.15, 0.2) is 5.92 Å². The van der Waals surface area contributed by atoms with Crippen LogP contribution in [0.3, 0.4) is 0 Å². The molecular formula is C17H20O6S.